The zero-order valence-electron chi connectivity index (χ0n) is 15.8. The highest BCUT2D eigenvalue weighted by atomic mass is 32.2. The monoisotopic (exact) mass is 440 g/mol. The number of carbonyl (C=O) groups excluding carboxylic acids is 3. The first kappa shape index (κ1) is 24.0. The van der Waals surface area contributed by atoms with Gasteiger partial charge >= 0.3 is 0 Å². The maximum absolute atomic E-state index is 12.5. The normalized spacial score (nSPS) is 10.5. The number of amides is 2. The highest BCUT2D eigenvalue weighted by Crippen LogP contribution is 2.23. The summed E-state index contributed by atoms with van der Waals surface area (Å²) in [5.74, 6) is -0.455. The Balaban J connectivity index is 0.000000612. The van der Waals surface area contributed by atoms with Crippen molar-refractivity contribution in [1.82, 2.24) is 0 Å². The molecule has 0 bridgehead atoms. The largest absolute Gasteiger partial charge is 0.326 e. The molecule has 11 heteroatoms. The summed E-state index contributed by atoms with van der Waals surface area (Å²) >= 11 is 0. The predicted octanol–water partition coefficient (Wildman–Crippen LogP) is 1.58. The second-order valence-corrected chi connectivity index (χ2v) is 8.78. The number of hydrogen-bond donors (Lipinski definition) is 3. The molecule has 0 unspecified atom stereocenters. The lowest BCUT2D eigenvalue weighted by atomic mass is 10.3. The van der Waals surface area contributed by atoms with E-state index in [1.54, 1.807) is 0 Å². The minimum atomic E-state index is -3.65. The Kier molecular flexibility index (Phi) is 8.67. The summed E-state index contributed by atoms with van der Waals surface area (Å²) in [6, 6.07) is 11.8. The highest BCUT2D eigenvalue weighted by Gasteiger charge is 2.17. The Morgan fingerprint density at radius 2 is 0.966 bits per heavy atom. The lowest BCUT2D eigenvalue weighted by Gasteiger charge is -2.08. The van der Waals surface area contributed by atoms with Crippen LogP contribution in [0.15, 0.2) is 58.3 Å². The molecule has 0 aliphatic carbocycles. The first-order valence-corrected chi connectivity index (χ1v) is 10.7. The molecule has 0 fully saturated rings. The Morgan fingerprint density at radius 3 is 1.17 bits per heavy atom. The van der Waals surface area contributed by atoms with Crippen molar-refractivity contribution < 1.29 is 31.2 Å². The van der Waals surface area contributed by atoms with Crippen molar-refractivity contribution in [2.24, 2.45) is 0 Å². The van der Waals surface area contributed by atoms with Gasteiger partial charge in [0.2, 0.25) is 37.5 Å². The second kappa shape index (κ2) is 10.5. The summed E-state index contributed by atoms with van der Waals surface area (Å²) in [6.45, 7) is 3.76. The van der Waals surface area contributed by atoms with Crippen LogP contribution in [-0.4, -0.2) is 33.8 Å². The first-order chi connectivity index (χ1) is 13.4. The van der Waals surface area contributed by atoms with Crippen molar-refractivity contribution in [2.45, 2.75) is 30.6 Å². The standard InChI is InChI=1S/C16H16N2O4S.C2H4O3S/c1-11(19)17-13-3-7-15(8-4-13)23(21,22)16-9-5-14(6-10-16)18-12(2)20;1-2(3)6(4)5/h3-10H,1-2H3,(H,17,19)(H,18,20);6H,1H3. The number of thiol groups is 1. The number of benzene rings is 2. The van der Waals surface area contributed by atoms with Gasteiger partial charge in [0.05, 0.1) is 9.79 Å². The molecule has 0 saturated heterocycles. The molecule has 9 nitrogen and oxygen atoms in total. The quantitative estimate of drug-likeness (QED) is 0.612. The average Bonchev–Trinajstić information content (AvgIpc) is 2.62. The number of anilines is 2. The molecule has 2 amide bonds. The maximum atomic E-state index is 12.5. The lowest BCUT2D eigenvalue weighted by Crippen LogP contribution is -2.07. The molecule has 0 saturated carbocycles. The molecule has 2 N–H and O–H groups in total. The van der Waals surface area contributed by atoms with E-state index in [-0.39, 0.29) is 21.6 Å². The Bertz CT molecular complexity index is 999. The van der Waals surface area contributed by atoms with E-state index in [1.165, 1.54) is 62.4 Å². The molecule has 0 aliphatic heterocycles. The van der Waals surface area contributed by atoms with Crippen LogP contribution in [0.3, 0.4) is 0 Å². The van der Waals surface area contributed by atoms with Crippen molar-refractivity contribution in [1.29, 1.82) is 0 Å². The van der Waals surface area contributed by atoms with E-state index in [4.69, 9.17) is 0 Å². The topological polar surface area (TPSA) is 144 Å². The first-order valence-electron chi connectivity index (χ1n) is 8.09. The van der Waals surface area contributed by atoms with Crippen molar-refractivity contribution in [3.8, 4) is 0 Å². The maximum Gasteiger partial charge on any atom is 0.240 e. The average molecular weight is 440 g/mol. The number of sulfone groups is 1. The summed E-state index contributed by atoms with van der Waals surface area (Å²) < 4.78 is 43.8. The van der Waals surface area contributed by atoms with Crippen LogP contribution in [-0.2, 0) is 34.9 Å². The number of carbonyl (C=O) groups is 3. The fourth-order valence-corrected chi connectivity index (χ4v) is 3.24. The van der Waals surface area contributed by atoms with Crippen LogP contribution in [0.1, 0.15) is 20.8 Å². The van der Waals surface area contributed by atoms with Gasteiger partial charge in [-0.3, -0.25) is 14.4 Å². The van der Waals surface area contributed by atoms with Gasteiger partial charge in [-0.2, -0.15) is 0 Å². The van der Waals surface area contributed by atoms with Crippen LogP contribution < -0.4 is 10.6 Å². The summed E-state index contributed by atoms with van der Waals surface area (Å²) in [4.78, 5) is 31.7. The molecule has 2 rings (SSSR count). The van der Waals surface area contributed by atoms with Crippen molar-refractivity contribution in [3.63, 3.8) is 0 Å². The number of rotatable bonds is 4. The fourth-order valence-electron chi connectivity index (χ4n) is 1.98. The van der Waals surface area contributed by atoms with Crippen LogP contribution in [0.4, 0.5) is 11.4 Å². The molecule has 0 aliphatic rings. The van der Waals surface area contributed by atoms with Gasteiger partial charge in [0.15, 0.2) is 0 Å². The summed E-state index contributed by atoms with van der Waals surface area (Å²) in [6.07, 6.45) is 0. The summed E-state index contributed by atoms with van der Waals surface area (Å²) in [5, 5.41) is 4.36. The van der Waals surface area contributed by atoms with Crippen LogP contribution in [0, 0.1) is 0 Å². The molecule has 29 heavy (non-hydrogen) atoms. The Morgan fingerprint density at radius 1 is 0.690 bits per heavy atom. The number of hydrogen-bond acceptors (Lipinski definition) is 7. The zero-order valence-corrected chi connectivity index (χ0v) is 17.5. The van der Waals surface area contributed by atoms with Gasteiger partial charge in [0.25, 0.3) is 0 Å². The molecular weight excluding hydrogens is 420 g/mol. The fraction of sp³-hybridized carbons (Fsp3) is 0.167. The zero-order chi connectivity index (χ0) is 22.2. The van der Waals surface area contributed by atoms with Gasteiger partial charge in [-0.1, -0.05) is 0 Å². The van der Waals surface area contributed by atoms with E-state index in [0.29, 0.717) is 11.4 Å². The molecule has 156 valence electrons. The third-order valence-corrected chi connectivity index (χ3v) is 5.53. The highest BCUT2D eigenvalue weighted by molar-refractivity contribution is 7.91. The summed E-state index contributed by atoms with van der Waals surface area (Å²) in [7, 11) is -6.45. The predicted molar refractivity (Wildman–Crippen MR) is 108 cm³/mol. The van der Waals surface area contributed by atoms with Crippen molar-refractivity contribution in [2.75, 3.05) is 10.6 Å². The third-order valence-electron chi connectivity index (χ3n) is 3.23. The van der Waals surface area contributed by atoms with Crippen LogP contribution in [0.25, 0.3) is 0 Å². The van der Waals surface area contributed by atoms with E-state index in [9.17, 15) is 31.2 Å². The lowest BCUT2D eigenvalue weighted by molar-refractivity contribution is -0.115. The van der Waals surface area contributed by atoms with E-state index in [1.807, 2.05) is 0 Å². The van der Waals surface area contributed by atoms with Gasteiger partial charge in [0.1, 0.15) is 0 Å². The van der Waals surface area contributed by atoms with Crippen molar-refractivity contribution in [3.05, 3.63) is 48.5 Å². The van der Waals surface area contributed by atoms with Gasteiger partial charge in [-0.05, 0) is 48.5 Å². The summed E-state index contributed by atoms with van der Waals surface area (Å²) in [5.41, 5.74) is 1.05. The minimum absolute atomic E-state index is 0.124. The van der Waals surface area contributed by atoms with E-state index in [0.717, 1.165) is 6.92 Å². The number of nitrogens with one attached hydrogen (secondary N) is 2. The van der Waals surface area contributed by atoms with Gasteiger partial charge in [0, 0.05) is 32.1 Å². The van der Waals surface area contributed by atoms with E-state index < -0.39 is 25.7 Å². The molecule has 2 aromatic carbocycles. The van der Waals surface area contributed by atoms with Gasteiger partial charge in [-0.25, -0.2) is 16.8 Å². The third kappa shape index (κ3) is 7.84. The molecule has 0 heterocycles. The molecule has 0 spiro atoms. The Labute approximate surface area is 170 Å². The Hall–Kier alpha value is -3.05. The molecule has 0 atom stereocenters. The van der Waals surface area contributed by atoms with E-state index in [2.05, 4.69) is 10.6 Å². The van der Waals surface area contributed by atoms with Gasteiger partial charge in [-0.15, -0.1) is 0 Å². The van der Waals surface area contributed by atoms with Crippen LogP contribution >= 0.6 is 0 Å². The van der Waals surface area contributed by atoms with Crippen molar-refractivity contribution >= 4 is 48.8 Å². The smallest absolute Gasteiger partial charge is 0.240 e. The second-order valence-electron chi connectivity index (χ2n) is 5.69. The van der Waals surface area contributed by atoms with E-state index >= 15 is 0 Å². The molecule has 0 aromatic heterocycles. The molecule has 2 aromatic rings. The molecule has 0 radical (unpaired) electrons. The van der Waals surface area contributed by atoms with Crippen LogP contribution in [0.2, 0.25) is 0 Å². The molecular formula is C18H20N2O7S2. The van der Waals surface area contributed by atoms with Gasteiger partial charge < -0.3 is 10.6 Å². The van der Waals surface area contributed by atoms with Crippen LogP contribution in [0.5, 0.6) is 0 Å². The minimum Gasteiger partial charge on any atom is -0.326 e. The SMILES string of the molecule is CC(=O)Nc1ccc(S(=O)(=O)c2ccc(NC(C)=O)cc2)cc1.CC(=O)[SH](=O)=O.